The van der Waals surface area contributed by atoms with E-state index in [0.717, 1.165) is 12.0 Å². The molecule has 0 radical (unpaired) electrons. The molecule has 2 aromatic carbocycles. The van der Waals surface area contributed by atoms with Crippen molar-refractivity contribution in [2.24, 2.45) is 5.73 Å². The third-order valence-electron chi connectivity index (χ3n) is 3.34. The van der Waals surface area contributed by atoms with Crippen molar-refractivity contribution in [3.8, 4) is 11.8 Å². The van der Waals surface area contributed by atoms with Crippen molar-refractivity contribution in [2.75, 3.05) is 0 Å². The van der Waals surface area contributed by atoms with Crippen LogP contribution in [0.1, 0.15) is 36.1 Å². The smallest absolute Gasteiger partial charge is 0.147 e. The fraction of sp³-hybridized carbons (Fsp3) is 0.235. The summed E-state index contributed by atoms with van der Waals surface area (Å²) in [6.45, 7) is 2.11. The molecule has 0 fully saturated rings. The highest BCUT2D eigenvalue weighted by atomic mass is 19.1. The average molecular weight is 284 g/mol. The lowest BCUT2D eigenvalue weighted by atomic mass is 10.1. The van der Waals surface area contributed by atoms with E-state index in [4.69, 9.17) is 15.7 Å². The summed E-state index contributed by atoms with van der Waals surface area (Å²) in [6, 6.07) is 14.0. The summed E-state index contributed by atoms with van der Waals surface area (Å²) in [5, 5.41) is 8.79. The third-order valence-corrected chi connectivity index (χ3v) is 3.34. The van der Waals surface area contributed by atoms with Crippen molar-refractivity contribution in [2.45, 2.75) is 26.0 Å². The molecule has 1 unspecified atom stereocenters. The van der Waals surface area contributed by atoms with Gasteiger partial charge in [0.15, 0.2) is 0 Å². The topological polar surface area (TPSA) is 59.0 Å². The molecule has 21 heavy (non-hydrogen) atoms. The molecule has 0 aliphatic heterocycles. The van der Waals surface area contributed by atoms with E-state index in [1.165, 1.54) is 6.07 Å². The largest absolute Gasteiger partial charge is 0.489 e. The monoisotopic (exact) mass is 284 g/mol. The molecule has 0 spiro atoms. The molecular weight excluding hydrogens is 267 g/mol. The molecule has 0 bridgehead atoms. The lowest BCUT2D eigenvalue weighted by molar-refractivity contribution is 0.299. The first-order valence-electron chi connectivity index (χ1n) is 6.81. The first kappa shape index (κ1) is 15.0. The predicted molar refractivity (Wildman–Crippen MR) is 79.1 cm³/mol. The Kier molecular flexibility index (Phi) is 4.91. The molecule has 2 N–H and O–H groups in total. The number of nitrogens with two attached hydrogens (primary N) is 1. The number of ether oxygens (including phenoxy) is 1. The highest BCUT2D eigenvalue weighted by Crippen LogP contribution is 2.20. The van der Waals surface area contributed by atoms with Gasteiger partial charge >= 0.3 is 0 Å². The van der Waals surface area contributed by atoms with Gasteiger partial charge in [0.25, 0.3) is 0 Å². The van der Waals surface area contributed by atoms with Gasteiger partial charge in [-0.05, 0) is 30.2 Å². The lowest BCUT2D eigenvalue weighted by Gasteiger charge is -2.11. The van der Waals surface area contributed by atoms with Gasteiger partial charge in [0, 0.05) is 11.6 Å². The first-order chi connectivity index (χ1) is 10.2. The molecule has 0 saturated heterocycles. The molecule has 0 aliphatic carbocycles. The molecule has 0 amide bonds. The maximum absolute atomic E-state index is 13.9. The quantitative estimate of drug-likeness (QED) is 0.911. The molecule has 2 rings (SSSR count). The Morgan fingerprint density at radius 1 is 1.24 bits per heavy atom. The Hall–Kier alpha value is -2.38. The number of rotatable bonds is 5. The molecule has 3 nitrogen and oxygen atoms in total. The summed E-state index contributed by atoms with van der Waals surface area (Å²) in [7, 11) is 0. The van der Waals surface area contributed by atoms with Crippen LogP contribution < -0.4 is 10.5 Å². The van der Waals surface area contributed by atoms with Gasteiger partial charge in [0.2, 0.25) is 0 Å². The zero-order valence-corrected chi connectivity index (χ0v) is 11.8. The van der Waals surface area contributed by atoms with Crippen LogP contribution in [0.5, 0.6) is 5.75 Å². The van der Waals surface area contributed by atoms with E-state index in [0.29, 0.717) is 11.3 Å². The second kappa shape index (κ2) is 6.87. The van der Waals surface area contributed by atoms with E-state index in [1.54, 1.807) is 12.1 Å². The summed E-state index contributed by atoms with van der Waals surface area (Å²) in [5.74, 6) is 0.119. The van der Waals surface area contributed by atoms with E-state index in [1.807, 2.05) is 37.3 Å². The van der Waals surface area contributed by atoms with Gasteiger partial charge in [-0.15, -0.1) is 0 Å². The van der Waals surface area contributed by atoms with E-state index in [9.17, 15) is 4.39 Å². The SMILES string of the molecule is CCC(N)c1ccc(OCc2cccc(C#N)c2F)cc1. The highest BCUT2D eigenvalue weighted by Gasteiger charge is 2.08. The fourth-order valence-corrected chi connectivity index (χ4v) is 1.99. The van der Waals surface area contributed by atoms with E-state index < -0.39 is 5.82 Å². The molecule has 0 heterocycles. The molecule has 0 aliphatic rings. The molecule has 0 aromatic heterocycles. The molecule has 1 atom stereocenters. The second-order valence-electron chi connectivity index (χ2n) is 4.76. The van der Waals surface area contributed by atoms with Gasteiger partial charge in [-0.2, -0.15) is 5.26 Å². The Morgan fingerprint density at radius 3 is 2.57 bits per heavy atom. The van der Waals surface area contributed by atoms with Gasteiger partial charge in [0.05, 0.1) is 5.56 Å². The zero-order valence-electron chi connectivity index (χ0n) is 11.8. The normalized spacial score (nSPS) is 11.7. The molecule has 2 aromatic rings. The molecule has 108 valence electrons. The summed E-state index contributed by atoms with van der Waals surface area (Å²) < 4.78 is 19.4. The van der Waals surface area contributed by atoms with Gasteiger partial charge in [0.1, 0.15) is 24.2 Å². The van der Waals surface area contributed by atoms with Crippen LogP contribution >= 0.6 is 0 Å². The number of benzene rings is 2. The summed E-state index contributed by atoms with van der Waals surface area (Å²) in [6.07, 6.45) is 0.867. The van der Waals surface area contributed by atoms with Crippen molar-refractivity contribution in [1.82, 2.24) is 0 Å². The van der Waals surface area contributed by atoms with Crippen LogP contribution in [0, 0.1) is 17.1 Å². The maximum Gasteiger partial charge on any atom is 0.147 e. The minimum absolute atomic E-state index is 0.0174. The molecule has 0 saturated carbocycles. The van der Waals surface area contributed by atoms with Crippen LogP contribution in [0.3, 0.4) is 0 Å². The van der Waals surface area contributed by atoms with Gasteiger partial charge in [-0.3, -0.25) is 0 Å². The Bertz CT molecular complexity index is 647. The van der Waals surface area contributed by atoms with Crippen molar-refractivity contribution in [1.29, 1.82) is 5.26 Å². The standard InChI is InChI=1S/C17H17FN2O/c1-2-16(20)12-6-8-15(9-7-12)21-11-14-5-3-4-13(10-19)17(14)18/h3-9,16H,2,11,20H2,1H3. The van der Waals surface area contributed by atoms with Crippen molar-refractivity contribution in [3.05, 3.63) is 65.0 Å². The Morgan fingerprint density at radius 2 is 1.95 bits per heavy atom. The number of hydrogen-bond donors (Lipinski definition) is 1. The highest BCUT2D eigenvalue weighted by molar-refractivity contribution is 5.35. The van der Waals surface area contributed by atoms with E-state index in [-0.39, 0.29) is 18.2 Å². The summed E-state index contributed by atoms with van der Waals surface area (Å²) in [4.78, 5) is 0. The zero-order chi connectivity index (χ0) is 15.2. The molecular formula is C17H17FN2O. The van der Waals surface area contributed by atoms with Crippen LogP contribution in [0.25, 0.3) is 0 Å². The Balaban J connectivity index is 2.05. The van der Waals surface area contributed by atoms with E-state index in [2.05, 4.69) is 0 Å². The fourth-order valence-electron chi connectivity index (χ4n) is 1.99. The number of nitriles is 1. The minimum atomic E-state index is -0.523. The van der Waals surface area contributed by atoms with Crippen molar-refractivity contribution < 1.29 is 9.13 Å². The minimum Gasteiger partial charge on any atom is -0.489 e. The average Bonchev–Trinajstić information content (AvgIpc) is 2.53. The number of nitrogens with zero attached hydrogens (tertiary/aromatic N) is 1. The van der Waals surface area contributed by atoms with Gasteiger partial charge in [-0.25, -0.2) is 4.39 Å². The van der Waals surface area contributed by atoms with Gasteiger partial charge < -0.3 is 10.5 Å². The number of halogens is 1. The van der Waals surface area contributed by atoms with Crippen LogP contribution in [-0.4, -0.2) is 0 Å². The van der Waals surface area contributed by atoms with Crippen LogP contribution in [0.4, 0.5) is 4.39 Å². The van der Waals surface area contributed by atoms with Crippen LogP contribution in [0.15, 0.2) is 42.5 Å². The second-order valence-corrected chi connectivity index (χ2v) is 4.76. The Labute approximate surface area is 123 Å². The number of hydrogen-bond acceptors (Lipinski definition) is 3. The van der Waals surface area contributed by atoms with Crippen molar-refractivity contribution >= 4 is 0 Å². The van der Waals surface area contributed by atoms with E-state index >= 15 is 0 Å². The van der Waals surface area contributed by atoms with Crippen molar-refractivity contribution in [3.63, 3.8) is 0 Å². The van der Waals surface area contributed by atoms with Crippen LogP contribution in [0.2, 0.25) is 0 Å². The summed E-state index contributed by atoms with van der Waals surface area (Å²) >= 11 is 0. The lowest BCUT2D eigenvalue weighted by Crippen LogP contribution is -2.08. The third kappa shape index (κ3) is 3.59. The summed E-state index contributed by atoms with van der Waals surface area (Å²) in [5.41, 5.74) is 7.38. The molecule has 4 heteroatoms. The maximum atomic E-state index is 13.9. The predicted octanol–water partition coefficient (Wildman–Crippen LogP) is 3.69. The van der Waals surface area contributed by atoms with Crippen LogP contribution in [-0.2, 0) is 6.61 Å². The first-order valence-corrected chi connectivity index (χ1v) is 6.81. The van der Waals surface area contributed by atoms with Gasteiger partial charge in [-0.1, -0.05) is 31.2 Å².